The van der Waals surface area contributed by atoms with E-state index in [1.54, 1.807) is 6.08 Å². The second-order valence-electron chi connectivity index (χ2n) is 17.1. The first-order valence-electron chi connectivity index (χ1n) is 24.8. The highest BCUT2D eigenvalue weighted by Crippen LogP contribution is 2.16. The Balaban J connectivity index is 4.39. The van der Waals surface area contributed by atoms with E-state index in [0.717, 1.165) is 38.5 Å². The van der Waals surface area contributed by atoms with Gasteiger partial charge in [-0.2, -0.15) is 0 Å². The molecule has 0 saturated heterocycles. The molecular formula is C50H97NO4. The van der Waals surface area contributed by atoms with Crippen LogP contribution in [0.5, 0.6) is 0 Å². The van der Waals surface area contributed by atoms with E-state index in [4.69, 9.17) is 4.74 Å². The first kappa shape index (κ1) is 53.6. The molecule has 5 heteroatoms. The van der Waals surface area contributed by atoms with E-state index in [9.17, 15) is 14.7 Å². The Hall–Kier alpha value is -1.36. The van der Waals surface area contributed by atoms with Crippen molar-refractivity contribution in [1.29, 1.82) is 0 Å². The molecule has 0 bridgehead atoms. The number of allylic oxidation sites excluding steroid dienone is 1. The van der Waals surface area contributed by atoms with Gasteiger partial charge in [-0.1, -0.05) is 251 Å². The van der Waals surface area contributed by atoms with Gasteiger partial charge < -0.3 is 15.2 Å². The second-order valence-corrected chi connectivity index (χ2v) is 17.1. The molecule has 0 rings (SSSR count). The van der Waals surface area contributed by atoms with Crippen molar-refractivity contribution in [2.45, 2.75) is 290 Å². The Morgan fingerprint density at radius 1 is 0.455 bits per heavy atom. The summed E-state index contributed by atoms with van der Waals surface area (Å²) in [5.41, 5.74) is 0. The lowest BCUT2D eigenvalue weighted by Gasteiger charge is -2.22. The molecule has 2 atom stereocenters. The predicted octanol–water partition coefficient (Wildman–Crippen LogP) is 15.6. The molecule has 326 valence electrons. The Morgan fingerprint density at radius 2 is 0.764 bits per heavy atom. The maximum absolute atomic E-state index is 12.9. The standard InChI is InChI=1S/C50H97NO4/c1-4-7-10-13-16-19-22-25-28-31-34-37-40-43-48(52)47(51-49(53)44-41-38-35-32-29-26-23-20-17-14-11-8-5-2)46-55-50(54)45-42-39-36-33-30-27-24-21-18-15-12-9-6-3/h40,43,47-48,52H,4-39,41-42,44-46H2,1-3H3,(H,51,53)/b43-40+/t47-,48+/m0/s1. The number of carbonyl (C=O) groups is 2. The molecule has 0 aliphatic heterocycles. The molecule has 0 aromatic rings. The van der Waals surface area contributed by atoms with Crippen LogP contribution in [0.3, 0.4) is 0 Å². The predicted molar refractivity (Wildman–Crippen MR) is 240 cm³/mol. The van der Waals surface area contributed by atoms with Crippen molar-refractivity contribution in [2.75, 3.05) is 6.61 Å². The van der Waals surface area contributed by atoms with Gasteiger partial charge in [0.25, 0.3) is 0 Å². The van der Waals surface area contributed by atoms with Gasteiger partial charge in [0.1, 0.15) is 6.61 Å². The number of carbonyl (C=O) groups excluding carboxylic acids is 2. The van der Waals surface area contributed by atoms with Crippen LogP contribution in [0.1, 0.15) is 278 Å². The van der Waals surface area contributed by atoms with Crippen molar-refractivity contribution in [2.24, 2.45) is 0 Å². The molecule has 0 unspecified atom stereocenters. The summed E-state index contributed by atoms with van der Waals surface area (Å²) in [6.07, 6.45) is 52.4. The third-order valence-corrected chi connectivity index (χ3v) is 11.5. The molecule has 2 N–H and O–H groups in total. The molecule has 1 amide bonds. The van der Waals surface area contributed by atoms with Gasteiger partial charge in [0.15, 0.2) is 0 Å². The summed E-state index contributed by atoms with van der Waals surface area (Å²) in [6.45, 7) is 6.83. The summed E-state index contributed by atoms with van der Waals surface area (Å²) in [5, 5.41) is 14.1. The van der Waals surface area contributed by atoms with E-state index >= 15 is 0 Å². The molecule has 0 aliphatic rings. The van der Waals surface area contributed by atoms with Gasteiger partial charge in [-0.3, -0.25) is 9.59 Å². The number of aliphatic hydroxyl groups is 1. The fraction of sp³-hybridized carbons (Fsp3) is 0.920. The summed E-state index contributed by atoms with van der Waals surface area (Å²) < 4.78 is 5.63. The maximum atomic E-state index is 12.9. The van der Waals surface area contributed by atoms with Gasteiger partial charge in [-0.25, -0.2) is 0 Å². The van der Waals surface area contributed by atoms with Crippen LogP contribution < -0.4 is 5.32 Å². The lowest BCUT2D eigenvalue weighted by molar-refractivity contribution is -0.146. The van der Waals surface area contributed by atoms with Crippen LogP contribution in [0.25, 0.3) is 0 Å². The van der Waals surface area contributed by atoms with Crippen molar-refractivity contribution in [3.8, 4) is 0 Å². The highest BCUT2D eigenvalue weighted by Gasteiger charge is 2.21. The van der Waals surface area contributed by atoms with Crippen LogP contribution in [-0.4, -0.2) is 35.7 Å². The van der Waals surface area contributed by atoms with E-state index in [1.165, 1.54) is 205 Å². The molecule has 0 aromatic carbocycles. The zero-order valence-corrected chi connectivity index (χ0v) is 37.5. The minimum absolute atomic E-state index is 0.0194. The van der Waals surface area contributed by atoms with E-state index in [0.29, 0.717) is 12.8 Å². The SMILES string of the molecule is CCCCCCCCCCCCC/C=C/[C@@H](O)[C@H](COC(=O)CCCCCCCCCCCCCCC)NC(=O)CCCCCCCCCCCCCCC. The van der Waals surface area contributed by atoms with E-state index in [-0.39, 0.29) is 18.5 Å². The Bertz CT molecular complexity index is 814. The lowest BCUT2D eigenvalue weighted by Crippen LogP contribution is -2.46. The normalized spacial score (nSPS) is 12.7. The monoisotopic (exact) mass is 776 g/mol. The van der Waals surface area contributed by atoms with E-state index in [1.807, 2.05) is 6.08 Å². The van der Waals surface area contributed by atoms with Gasteiger partial charge >= 0.3 is 5.97 Å². The first-order chi connectivity index (χ1) is 27.0. The summed E-state index contributed by atoms with van der Waals surface area (Å²) in [4.78, 5) is 25.5. The van der Waals surface area contributed by atoms with Crippen LogP contribution in [0.4, 0.5) is 0 Å². The molecule has 0 heterocycles. The zero-order valence-electron chi connectivity index (χ0n) is 37.5. The number of aliphatic hydroxyl groups excluding tert-OH is 1. The smallest absolute Gasteiger partial charge is 0.305 e. The molecule has 5 nitrogen and oxygen atoms in total. The van der Waals surface area contributed by atoms with E-state index < -0.39 is 12.1 Å². The minimum atomic E-state index is -0.868. The van der Waals surface area contributed by atoms with Gasteiger partial charge in [-0.15, -0.1) is 0 Å². The van der Waals surface area contributed by atoms with Crippen LogP contribution in [0.15, 0.2) is 12.2 Å². The Labute approximate surface area is 344 Å². The topological polar surface area (TPSA) is 75.6 Å². The van der Waals surface area contributed by atoms with Crippen LogP contribution in [0.2, 0.25) is 0 Å². The van der Waals surface area contributed by atoms with Crippen molar-refractivity contribution in [1.82, 2.24) is 5.32 Å². The number of hydrogen-bond acceptors (Lipinski definition) is 4. The number of ether oxygens (including phenoxy) is 1. The third kappa shape index (κ3) is 42.1. The zero-order chi connectivity index (χ0) is 40.1. The fourth-order valence-corrected chi connectivity index (χ4v) is 7.65. The van der Waals surface area contributed by atoms with Crippen LogP contribution in [0, 0.1) is 0 Å². The number of rotatable bonds is 45. The summed E-state index contributed by atoms with van der Waals surface area (Å²) in [6, 6.07) is -0.612. The van der Waals surface area contributed by atoms with Crippen molar-refractivity contribution in [3.05, 3.63) is 12.2 Å². The minimum Gasteiger partial charge on any atom is -0.463 e. The quantitative estimate of drug-likeness (QED) is 0.0367. The summed E-state index contributed by atoms with van der Waals surface area (Å²) in [7, 11) is 0. The molecule has 55 heavy (non-hydrogen) atoms. The van der Waals surface area contributed by atoms with Crippen LogP contribution in [-0.2, 0) is 14.3 Å². The highest BCUT2D eigenvalue weighted by atomic mass is 16.5. The molecule has 0 fully saturated rings. The third-order valence-electron chi connectivity index (χ3n) is 11.5. The maximum Gasteiger partial charge on any atom is 0.305 e. The van der Waals surface area contributed by atoms with Gasteiger partial charge in [0, 0.05) is 12.8 Å². The lowest BCUT2D eigenvalue weighted by atomic mass is 10.0. The number of amides is 1. The van der Waals surface area contributed by atoms with Crippen LogP contribution >= 0.6 is 0 Å². The van der Waals surface area contributed by atoms with Gasteiger partial charge in [-0.05, 0) is 25.7 Å². The summed E-state index contributed by atoms with van der Waals surface area (Å²) >= 11 is 0. The molecule has 0 aromatic heterocycles. The number of hydrogen-bond donors (Lipinski definition) is 2. The number of unbranched alkanes of at least 4 members (excludes halogenated alkanes) is 35. The van der Waals surface area contributed by atoms with Crippen molar-refractivity contribution >= 4 is 11.9 Å². The highest BCUT2D eigenvalue weighted by molar-refractivity contribution is 5.76. The average molecular weight is 776 g/mol. The average Bonchev–Trinajstić information content (AvgIpc) is 3.18. The molecular weight excluding hydrogens is 679 g/mol. The number of esters is 1. The van der Waals surface area contributed by atoms with Gasteiger partial charge in [0.2, 0.25) is 5.91 Å². The molecule has 0 saturated carbocycles. The Kier molecular flexibility index (Phi) is 44.2. The van der Waals surface area contributed by atoms with Crippen molar-refractivity contribution in [3.63, 3.8) is 0 Å². The largest absolute Gasteiger partial charge is 0.463 e. The first-order valence-corrected chi connectivity index (χ1v) is 24.8. The number of nitrogens with one attached hydrogen (secondary N) is 1. The fourth-order valence-electron chi connectivity index (χ4n) is 7.65. The summed E-state index contributed by atoms with van der Waals surface area (Å²) in [5.74, 6) is -0.283. The molecule has 0 radical (unpaired) electrons. The Morgan fingerprint density at radius 3 is 1.13 bits per heavy atom. The molecule has 0 aliphatic carbocycles. The second kappa shape index (κ2) is 45.3. The van der Waals surface area contributed by atoms with Gasteiger partial charge in [0.05, 0.1) is 12.1 Å². The van der Waals surface area contributed by atoms with E-state index in [2.05, 4.69) is 26.1 Å². The molecule has 0 spiro atoms. The van der Waals surface area contributed by atoms with Crippen molar-refractivity contribution < 1.29 is 19.4 Å².